The third-order valence-corrected chi connectivity index (χ3v) is 4.70. The molecular formula is C23H20BrNO3. The van der Waals surface area contributed by atoms with Gasteiger partial charge in [0, 0.05) is 10.2 Å². The molecule has 1 N–H and O–H groups in total. The molecule has 0 saturated heterocycles. The molecule has 0 bridgehead atoms. The van der Waals surface area contributed by atoms with E-state index in [2.05, 4.69) is 33.4 Å². The van der Waals surface area contributed by atoms with Gasteiger partial charge in [-0.1, -0.05) is 64.5 Å². The summed E-state index contributed by atoms with van der Waals surface area (Å²) < 4.78 is 6.37. The molecule has 0 saturated carbocycles. The van der Waals surface area contributed by atoms with Gasteiger partial charge in [-0.2, -0.15) is 0 Å². The van der Waals surface area contributed by atoms with Crippen LogP contribution in [-0.2, 0) is 11.2 Å². The third kappa shape index (κ3) is 5.30. The Morgan fingerprint density at radius 1 is 0.964 bits per heavy atom. The van der Waals surface area contributed by atoms with Gasteiger partial charge >= 0.3 is 0 Å². The smallest absolute Gasteiger partial charge is 0.262 e. The minimum atomic E-state index is -0.280. The molecule has 0 atom stereocenters. The number of ketones is 1. The van der Waals surface area contributed by atoms with Crippen molar-refractivity contribution in [2.45, 2.75) is 13.3 Å². The molecule has 3 aromatic carbocycles. The number of carbonyl (C=O) groups excluding carboxylic acids is 2. The van der Waals surface area contributed by atoms with Crippen LogP contribution in [0.5, 0.6) is 5.75 Å². The number of carbonyl (C=O) groups is 2. The maximum atomic E-state index is 12.4. The van der Waals surface area contributed by atoms with Gasteiger partial charge in [0.25, 0.3) is 5.91 Å². The lowest BCUT2D eigenvalue weighted by Crippen LogP contribution is -2.21. The average Bonchev–Trinajstić information content (AvgIpc) is 2.69. The van der Waals surface area contributed by atoms with E-state index in [-0.39, 0.29) is 18.3 Å². The SMILES string of the molecule is CC(=O)c1cc(Br)ccc1OCC(=O)Nc1ccccc1Cc1ccccc1. The van der Waals surface area contributed by atoms with Gasteiger partial charge in [0.15, 0.2) is 12.4 Å². The molecule has 0 aromatic heterocycles. The molecule has 1 amide bonds. The molecule has 0 spiro atoms. The van der Waals surface area contributed by atoms with E-state index in [1.54, 1.807) is 18.2 Å². The van der Waals surface area contributed by atoms with Gasteiger partial charge in [0.1, 0.15) is 5.75 Å². The van der Waals surface area contributed by atoms with Gasteiger partial charge < -0.3 is 10.1 Å². The van der Waals surface area contributed by atoms with E-state index in [9.17, 15) is 9.59 Å². The maximum Gasteiger partial charge on any atom is 0.262 e. The number of ether oxygens (including phenoxy) is 1. The van der Waals surface area contributed by atoms with Gasteiger partial charge in [-0.3, -0.25) is 9.59 Å². The lowest BCUT2D eigenvalue weighted by atomic mass is 10.0. The molecule has 0 radical (unpaired) electrons. The van der Waals surface area contributed by atoms with Crippen LogP contribution < -0.4 is 10.1 Å². The number of amides is 1. The van der Waals surface area contributed by atoms with Crippen molar-refractivity contribution >= 4 is 33.3 Å². The predicted molar refractivity (Wildman–Crippen MR) is 114 cm³/mol. The Balaban J connectivity index is 1.67. The molecular weight excluding hydrogens is 418 g/mol. The second-order valence-electron chi connectivity index (χ2n) is 6.35. The number of Topliss-reactive ketones (excluding diaryl/α,β-unsaturated/α-hetero) is 1. The minimum Gasteiger partial charge on any atom is -0.483 e. The summed E-state index contributed by atoms with van der Waals surface area (Å²) in [6.07, 6.45) is 0.722. The highest BCUT2D eigenvalue weighted by molar-refractivity contribution is 9.10. The Morgan fingerprint density at radius 2 is 1.68 bits per heavy atom. The van der Waals surface area contributed by atoms with Gasteiger partial charge in [0.2, 0.25) is 0 Å². The molecule has 3 aromatic rings. The monoisotopic (exact) mass is 437 g/mol. The lowest BCUT2D eigenvalue weighted by Gasteiger charge is -2.13. The first kappa shape index (κ1) is 19.8. The van der Waals surface area contributed by atoms with Crippen LogP contribution in [0.3, 0.4) is 0 Å². The van der Waals surface area contributed by atoms with E-state index in [0.29, 0.717) is 11.3 Å². The van der Waals surface area contributed by atoms with Crippen LogP contribution in [0.1, 0.15) is 28.4 Å². The van der Waals surface area contributed by atoms with Gasteiger partial charge in [-0.25, -0.2) is 0 Å². The third-order valence-electron chi connectivity index (χ3n) is 4.21. The van der Waals surface area contributed by atoms with E-state index < -0.39 is 0 Å². The normalized spacial score (nSPS) is 10.4. The first-order valence-corrected chi connectivity index (χ1v) is 9.67. The summed E-state index contributed by atoms with van der Waals surface area (Å²) in [7, 11) is 0. The summed E-state index contributed by atoms with van der Waals surface area (Å²) in [5, 5.41) is 2.90. The van der Waals surface area contributed by atoms with E-state index in [4.69, 9.17) is 4.74 Å². The standard InChI is InChI=1S/C23H20BrNO3/c1-16(26)20-14-19(24)11-12-22(20)28-15-23(27)25-21-10-6-5-9-18(21)13-17-7-3-2-4-8-17/h2-12,14H,13,15H2,1H3,(H,25,27). The molecule has 0 unspecified atom stereocenters. The van der Waals surface area contributed by atoms with Crippen molar-refractivity contribution in [1.29, 1.82) is 0 Å². The van der Waals surface area contributed by atoms with Gasteiger partial charge in [0.05, 0.1) is 5.56 Å². The van der Waals surface area contributed by atoms with Crippen LogP contribution in [-0.4, -0.2) is 18.3 Å². The largest absolute Gasteiger partial charge is 0.483 e. The summed E-state index contributed by atoms with van der Waals surface area (Å²) in [6.45, 7) is 1.29. The van der Waals surface area contributed by atoms with Crippen LogP contribution in [0.4, 0.5) is 5.69 Å². The van der Waals surface area contributed by atoms with Crippen molar-refractivity contribution in [3.05, 3.63) is 94.0 Å². The van der Waals surface area contributed by atoms with Gasteiger partial charge in [-0.15, -0.1) is 0 Å². The minimum absolute atomic E-state index is 0.120. The van der Waals surface area contributed by atoms with Crippen LogP contribution in [0, 0.1) is 0 Å². The number of para-hydroxylation sites is 1. The molecule has 4 nitrogen and oxygen atoms in total. The Labute approximate surface area is 172 Å². The highest BCUT2D eigenvalue weighted by Gasteiger charge is 2.12. The summed E-state index contributed by atoms with van der Waals surface area (Å²) >= 11 is 3.34. The first-order valence-electron chi connectivity index (χ1n) is 8.88. The first-order chi connectivity index (χ1) is 13.5. The van der Waals surface area contributed by atoms with Crippen molar-refractivity contribution in [3.8, 4) is 5.75 Å². The Hall–Kier alpha value is -2.92. The predicted octanol–water partition coefficient (Wildman–Crippen LogP) is 5.26. The summed E-state index contributed by atoms with van der Waals surface area (Å²) in [5.74, 6) is -0.00809. The molecule has 5 heteroatoms. The highest BCUT2D eigenvalue weighted by atomic mass is 79.9. The fourth-order valence-electron chi connectivity index (χ4n) is 2.84. The second kappa shape index (κ2) is 9.33. The Kier molecular flexibility index (Phi) is 6.61. The second-order valence-corrected chi connectivity index (χ2v) is 7.27. The summed E-state index contributed by atoms with van der Waals surface area (Å²) in [6, 6.07) is 22.9. The molecule has 142 valence electrons. The van der Waals surface area contributed by atoms with Crippen LogP contribution in [0.25, 0.3) is 0 Å². The number of hydrogen-bond acceptors (Lipinski definition) is 3. The topological polar surface area (TPSA) is 55.4 Å². The molecule has 28 heavy (non-hydrogen) atoms. The molecule has 0 fully saturated rings. The zero-order chi connectivity index (χ0) is 19.9. The fourth-order valence-corrected chi connectivity index (χ4v) is 3.21. The molecule has 0 heterocycles. The van der Waals surface area contributed by atoms with E-state index in [1.807, 2.05) is 42.5 Å². The fraction of sp³-hybridized carbons (Fsp3) is 0.130. The van der Waals surface area contributed by atoms with Crippen molar-refractivity contribution in [2.75, 3.05) is 11.9 Å². The van der Waals surface area contributed by atoms with Crippen molar-refractivity contribution in [2.24, 2.45) is 0 Å². The van der Waals surface area contributed by atoms with Gasteiger partial charge in [-0.05, 0) is 48.7 Å². The maximum absolute atomic E-state index is 12.4. The van der Waals surface area contributed by atoms with Crippen LogP contribution >= 0.6 is 15.9 Å². The molecule has 0 aliphatic carbocycles. The molecule has 3 rings (SSSR count). The van der Waals surface area contributed by atoms with E-state index in [1.165, 1.54) is 12.5 Å². The van der Waals surface area contributed by atoms with E-state index >= 15 is 0 Å². The molecule has 0 aliphatic rings. The lowest BCUT2D eigenvalue weighted by molar-refractivity contribution is -0.118. The number of rotatable bonds is 7. The van der Waals surface area contributed by atoms with Crippen LogP contribution in [0.2, 0.25) is 0 Å². The number of halogens is 1. The van der Waals surface area contributed by atoms with Crippen molar-refractivity contribution < 1.29 is 14.3 Å². The van der Waals surface area contributed by atoms with E-state index in [0.717, 1.165) is 22.1 Å². The zero-order valence-corrected chi connectivity index (χ0v) is 17.0. The number of nitrogens with one attached hydrogen (secondary N) is 1. The quantitative estimate of drug-likeness (QED) is 0.512. The zero-order valence-electron chi connectivity index (χ0n) is 15.4. The summed E-state index contributed by atoms with van der Waals surface area (Å²) in [4.78, 5) is 24.2. The summed E-state index contributed by atoms with van der Waals surface area (Å²) in [5.41, 5.74) is 3.38. The number of anilines is 1. The Bertz CT molecular complexity index is 986. The number of benzene rings is 3. The number of hydrogen-bond donors (Lipinski definition) is 1. The van der Waals surface area contributed by atoms with Crippen molar-refractivity contribution in [3.63, 3.8) is 0 Å². The highest BCUT2D eigenvalue weighted by Crippen LogP contribution is 2.24. The Morgan fingerprint density at radius 3 is 2.43 bits per heavy atom. The van der Waals surface area contributed by atoms with Crippen molar-refractivity contribution in [1.82, 2.24) is 0 Å². The van der Waals surface area contributed by atoms with Crippen LogP contribution in [0.15, 0.2) is 77.3 Å². The molecule has 0 aliphatic heterocycles. The average molecular weight is 438 g/mol.